The molecule has 7 nitrogen and oxygen atoms in total. The number of anilines is 1. The summed E-state index contributed by atoms with van der Waals surface area (Å²) in [6.45, 7) is 2.24. The fourth-order valence-electron chi connectivity index (χ4n) is 3.98. The van der Waals surface area contributed by atoms with Crippen LogP contribution in [0, 0.1) is 5.92 Å². The van der Waals surface area contributed by atoms with Crippen molar-refractivity contribution in [3.63, 3.8) is 0 Å². The zero-order valence-electron chi connectivity index (χ0n) is 16.8. The summed E-state index contributed by atoms with van der Waals surface area (Å²) in [6, 6.07) is 11.1. The van der Waals surface area contributed by atoms with E-state index in [0.29, 0.717) is 26.2 Å². The lowest BCUT2D eigenvalue weighted by Crippen LogP contribution is -2.50. The number of nitrogens with one attached hydrogen (secondary N) is 2. The van der Waals surface area contributed by atoms with Gasteiger partial charge in [-0.05, 0) is 48.4 Å². The number of piperidine rings is 1. The van der Waals surface area contributed by atoms with Crippen LogP contribution in [0.25, 0.3) is 0 Å². The molecule has 2 aliphatic heterocycles. The standard InChI is InChI=1S/C22H26N4O3S/c27-20(25-11-8-19-16(14-25)9-12-30-19)13-23-22(29)26-10-4-5-17(15-26)21(28)24-18-6-2-1-3-7-18/h1-3,6-7,9,12,17H,4-5,8,10-11,13-15H2,(H,23,29)(H,24,28). The number of urea groups is 1. The first-order valence-electron chi connectivity index (χ1n) is 10.3. The molecule has 1 saturated heterocycles. The number of carbonyl (C=O) groups is 3. The summed E-state index contributed by atoms with van der Waals surface area (Å²) in [7, 11) is 0. The van der Waals surface area contributed by atoms with Crippen molar-refractivity contribution in [1.82, 2.24) is 15.1 Å². The minimum atomic E-state index is -0.284. The van der Waals surface area contributed by atoms with Crippen molar-refractivity contribution < 1.29 is 14.4 Å². The number of likely N-dealkylation sites (tertiary alicyclic amines) is 1. The molecule has 0 aliphatic carbocycles. The average Bonchev–Trinajstić information content (AvgIpc) is 3.26. The van der Waals surface area contributed by atoms with Gasteiger partial charge >= 0.3 is 6.03 Å². The van der Waals surface area contributed by atoms with E-state index < -0.39 is 0 Å². The van der Waals surface area contributed by atoms with E-state index in [1.54, 1.807) is 21.1 Å². The number of para-hydroxylation sites is 1. The van der Waals surface area contributed by atoms with Gasteiger partial charge in [0, 0.05) is 36.7 Å². The second-order valence-corrected chi connectivity index (χ2v) is 8.73. The first-order chi connectivity index (χ1) is 14.6. The lowest BCUT2D eigenvalue weighted by atomic mass is 9.97. The third kappa shape index (κ3) is 4.81. The van der Waals surface area contributed by atoms with Gasteiger partial charge < -0.3 is 20.4 Å². The molecule has 1 atom stereocenters. The number of hydrogen-bond acceptors (Lipinski definition) is 4. The minimum absolute atomic E-state index is 0.0182. The van der Waals surface area contributed by atoms with Gasteiger partial charge in [-0.2, -0.15) is 0 Å². The molecular formula is C22H26N4O3S. The maximum Gasteiger partial charge on any atom is 0.317 e. The number of hydrogen-bond donors (Lipinski definition) is 2. The van der Waals surface area contributed by atoms with Crippen molar-refractivity contribution >= 4 is 34.9 Å². The molecule has 3 heterocycles. The van der Waals surface area contributed by atoms with Crippen LogP contribution in [0.4, 0.5) is 10.5 Å². The molecule has 1 aromatic heterocycles. The highest BCUT2D eigenvalue weighted by Gasteiger charge is 2.29. The highest BCUT2D eigenvalue weighted by molar-refractivity contribution is 7.10. The van der Waals surface area contributed by atoms with Crippen molar-refractivity contribution in [2.24, 2.45) is 5.92 Å². The summed E-state index contributed by atoms with van der Waals surface area (Å²) in [5.41, 5.74) is 1.96. The van der Waals surface area contributed by atoms with Crippen molar-refractivity contribution in [1.29, 1.82) is 0 Å². The Hall–Kier alpha value is -2.87. The monoisotopic (exact) mass is 426 g/mol. The second-order valence-electron chi connectivity index (χ2n) is 7.73. The maximum atomic E-state index is 12.6. The van der Waals surface area contributed by atoms with Gasteiger partial charge in [-0.3, -0.25) is 9.59 Å². The van der Waals surface area contributed by atoms with Crippen LogP contribution in [-0.2, 0) is 22.6 Å². The molecule has 1 fully saturated rings. The number of nitrogens with zero attached hydrogens (tertiary/aromatic N) is 2. The molecule has 8 heteroatoms. The van der Waals surface area contributed by atoms with Crippen LogP contribution in [0.3, 0.4) is 0 Å². The van der Waals surface area contributed by atoms with Crippen LogP contribution in [0.1, 0.15) is 23.3 Å². The first-order valence-corrected chi connectivity index (χ1v) is 11.2. The van der Waals surface area contributed by atoms with E-state index in [-0.39, 0.29) is 30.3 Å². The zero-order chi connectivity index (χ0) is 20.9. The number of amides is 4. The van der Waals surface area contributed by atoms with Gasteiger partial charge in [-0.25, -0.2) is 4.79 Å². The molecular weight excluding hydrogens is 400 g/mol. The van der Waals surface area contributed by atoms with E-state index in [1.165, 1.54) is 10.4 Å². The summed E-state index contributed by atoms with van der Waals surface area (Å²) in [6.07, 6.45) is 2.39. The Balaban J connectivity index is 1.25. The summed E-state index contributed by atoms with van der Waals surface area (Å²) in [5, 5.41) is 7.71. The van der Waals surface area contributed by atoms with Crippen molar-refractivity contribution in [2.75, 3.05) is 31.5 Å². The summed E-state index contributed by atoms with van der Waals surface area (Å²) < 4.78 is 0. The molecule has 1 aromatic carbocycles. The normalized spacial score (nSPS) is 18.5. The lowest BCUT2D eigenvalue weighted by molar-refractivity contribution is -0.131. The molecule has 0 saturated carbocycles. The van der Waals surface area contributed by atoms with Gasteiger partial charge in [0.15, 0.2) is 0 Å². The van der Waals surface area contributed by atoms with E-state index in [2.05, 4.69) is 22.1 Å². The SMILES string of the molecule is O=C(Nc1ccccc1)C1CCCN(C(=O)NCC(=O)N2CCc3sccc3C2)C1. The van der Waals surface area contributed by atoms with Gasteiger partial charge in [0.25, 0.3) is 0 Å². The molecule has 4 amide bonds. The quantitative estimate of drug-likeness (QED) is 0.789. The Morgan fingerprint density at radius 1 is 1.07 bits per heavy atom. The van der Waals surface area contributed by atoms with Gasteiger partial charge in [-0.1, -0.05) is 18.2 Å². The highest BCUT2D eigenvalue weighted by Crippen LogP contribution is 2.24. The highest BCUT2D eigenvalue weighted by atomic mass is 32.1. The smallest absolute Gasteiger partial charge is 0.317 e. The van der Waals surface area contributed by atoms with Crippen molar-refractivity contribution in [2.45, 2.75) is 25.8 Å². The Kier molecular flexibility index (Phi) is 6.32. The molecule has 4 rings (SSSR count). The van der Waals surface area contributed by atoms with Crippen molar-refractivity contribution in [3.05, 3.63) is 52.2 Å². The number of fused-ring (bicyclic) bond motifs is 1. The number of carbonyl (C=O) groups excluding carboxylic acids is 3. The zero-order valence-corrected chi connectivity index (χ0v) is 17.6. The molecule has 0 radical (unpaired) electrons. The van der Waals surface area contributed by atoms with Crippen molar-refractivity contribution in [3.8, 4) is 0 Å². The third-order valence-electron chi connectivity index (χ3n) is 5.67. The number of benzene rings is 1. The van der Waals surface area contributed by atoms with Gasteiger partial charge in [0.2, 0.25) is 11.8 Å². The Morgan fingerprint density at radius 2 is 1.90 bits per heavy atom. The fourth-order valence-corrected chi connectivity index (χ4v) is 4.87. The summed E-state index contributed by atoms with van der Waals surface area (Å²) >= 11 is 1.73. The summed E-state index contributed by atoms with van der Waals surface area (Å²) in [4.78, 5) is 42.4. The summed E-state index contributed by atoms with van der Waals surface area (Å²) in [5.74, 6) is -0.398. The van der Waals surface area contributed by atoms with E-state index >= 15 is 0 Å². The van der Waals surface area contributed by atoms with Gasteiger partial charge in [0.05, 0.1) is 12.5 Å². The van der Waals surface area contributed by atoms with Crippen LogP contribution in [0.15, 0.2) is 41.8 Å². The van der Waals surface area contributed by atoms with Crippen LogP contribution < -0.4 is 10.6 Å². The Bertz CT molecular complexity index is 914. The van der Waals surface area contributed by atoms with Crippen LogP contribution in [0.5, 0.6) is 0 Å². The topological polar surface area (TPSA) is 81.8 Å². The molecule has 0 bridgehead atoms. The van der Waals surface area contributed by atoms with Crippen LogP contribution in [-0.4, -0.2) is 53.8 Å². The largest absolute Gasteiger partial charge is 0.336 e. The van der Waals surface area contributed by atoms with E-state index in [9.17, 15) is 14.4 Å². The second kappa shape index (κ2) is 9.30. The van der Waals surface area contributed by atoms with E-state index in [4.69, 9.17) is 0 Å². The average molecular weight is 427 g/mol. The van der Waals surface area contributed by atoms with Gasteiger partial charge in [-0.15, -0.1) is 11.3 Å². The molecule has 158 valence electrons. The molecule has 30 heavy (non-hydrogen) atoms. The molecule has 2 N–H and O–H groups in total. The van der Waals surface area contributed by atoms with Crippen LogP contribution >= 0.6 is 11.3 Å². The number of thiophene rings is 1. The van der Waals surface area contributed by atoms with Crippen LogP contribution in [0.2, 0.25) is 0 Å². The minimum Gasteiger partial charge on any atom is -0.336 e. The third-order valence-corrected chi connectivity index (χ3v) is 6.69. The lowest BCUT2D eigenvalue weighted by Gasteiger charge is -2.32. The predicted molar refractivity (Wildman–Crippen MR) is 116 cm³/mol. The Labute approximate surface area is 180 Å². The Morgan fingerprint density at radius 3 is 2.73 bits per heavy atom. The molecule has 1 unspecified atom stereocenters. The van der Waals surface area contributed by atoms with E-state index in [0.717, 1.165) is 24.9 Å². The molecule has 0 spiro atoms. The predicted octanol–water partition coefficient (Wildman–Crippen LogP) is 2.69. The number of rotatable bonds is 4. The van der Waals surface area contributed by atoms with E-state index in [1.807, 2.05) is 30.3 Å². The fraction of sp³-hybridized carbons (Fsp3) is 0.409. The maximum absolute atomic E-state index is 12.6. The molecule has 2 aromatic rings. The molecule has 2 aliphatic rings. The van der Waals surface area contributed by atoms with Gasteiger partial charge in [0.1, 0.15) is 0 Å². The first kappa shape index (κ1) is 20.4.